The lowest BCUT2D eigenvalue weighted by molar-refractivity contribution is 0.174. The highest BCUT2D eigenvalue weighted by Crippen LogP contribution is 2.34. The number of anilines is 2. The van der Waals surface area contributed by atoms with E-state index in [0.29, 0.717) is 27.9 Å². The van der Waals surface area contributed by atoms with Gasteiger partial charge in [0.1, 0.15) is 0 Å². The third-order valence-electron chi connectivity index (χ3n) is 2.78. The molecule has 6 nitrogen and oxygen atoms in total. The molecule has 1 aliphatic rings. The van der Waals surface area contributed by atoms with Crippen LogP contribution >= 0.6 is 11.6 Å². The fourth-order valence-electron chi connectivity index (χ4n) is 1.83. The van der Waals surface area contributed by atoms with Crippen LogP contribution in [0.4, 0.5) is 16.2 Å². The number of hydrogen-bond acceptors (Lipinski definition) is 4. The number of fused-ring (bicyclic) bond motifs is 1. The molecular formula is C14H12ClN3O3. The molecule has 0 unspecified atom stereocenters. The van der Waals surface area contributed by atoms with Crippen LogP contribution in [0, 0.1) is 0 Å². The van der Waals surface area contributed by atoms with Gasteiger partial charge in [-0.1, -0.05) is 17.7 Å². The molecule has 1 heterocycles. The molecule has 21 heavy (non-hydrogen) atoms. The van der Waals surface area contributed by atoms with Crippen molar-refractivity contribution in [3.63, 3.8) is 0 Å². The van der Waals surface area contributed by atoms with Gasteiger partial charge in [0.05, 0.1) is 5.69 Å². The average molecular weight is 306 g/mol. The van der Waals surface area contributed by atoms with Gasteiger partial charge in [-0.2, -0.15) is 0 Å². The highest BCUT2D eigenvalue weighted by molar-refractivity contribution is 6.30. The molecule has 1 aliphatic heterocycles. The second-order valence-corrected chi connectivity index (χ2v) is 4.72. The molecule has 2 aromatic carbocycles. The Labute approximate surface area is 126 Å². The molecule has 0 fully saturated rings. The first kappa shape index (κ1) is 13.4. The number of carbonyl (C=O) groups excluding carboxylic acids is 1. The summed E-state index contributed by atoms with van der Waals surface area (Å²) >= 11 is 5.85. The quantitative estimate of drug-likeness (QED) is 0.761. The lowest BCUT2D eigenvalue weighted by Crippen LogP contribution is -2.33. The molecule has 2 aromatic rings. The minimum Gasteiger partial charge on any atom is -0.454 e. The summed E-state index contributed by atoms with van der Waals surface area (Å²) in [6.45, 7) is 0.196. The summed E-state index contributed by atoms with van der Waals surface area (Å²) in [6.07, 6.45) is 0. The van der Waals surface area contributed by atoms with Crippen LogP contribution < -0.4 is 25.6 Å². The molecule has 0 radical (unpaired) electrons. The zero-order chi connectivity index (χ0) is 14.7. The van der Waals surface area contributed by atoms with Gasteiger partial charge in [-0.05, 0) is 30.3 Å². The van der Waals surface area contributed by atoms with Gasteiger partial charge >= 0.3 is 6.03 Å². The Balaban J connectivity index is 1.57. The predicted octanol–water partition coefficient (Wildman–Crippen LogP) is 3.22. The third-order valence-corrected chi connectivity index (χ3v) is 3.01. The van der Waals surface area contributed by atoms with Crippen molar-refractivity contribution in [2.45, 2.75) is 0 Å². The lowest BCUT2D eigenvalue weighted by Gasteiger charge is -2.10. The van der Waals surface area contributed by atoms with Gasteiger partial charge in [-0.25, -0.2) is 4.79 Å². The van der Waals surface area contributed by atoms with Crippen LogP contribution in [0.25, 0.3) is 0 Å². The summed E-state index contributed by atoms with van der Waals surface area (Å²) in [5.74, 6) is 1.27. The maximum Gasteiger partial charge on any atom is 0.337 e. The van der Waals surface area contributed by atoms with Crippen molar-refractivity contribution in [2.75, 3.05) is 17.5 Å². The van der Waals surface area contributed by atoms with Crippen molar-refractivity contribution in [3.05, 3.63) is 47.5 Å². The van der Waals surface area contributed by atoms with Gasteiger partial charge in [-0.3, -0.25) is 10.9 Å². The van der Waals surface area contributed by atoms with Crippen molar-refractivity contribution in [2.24, 2.45) is 0 Å². The van der Waals surface area contributed by atoms with Crippen molar-refractivity contribution >= 4 is 29.0 Å². The van der Waals surface area contributed by atoms with E-state index in [9.17, 15) is 4.79 Å². The minimum atomic E-state index is -0.408. The summed E-state index contributed by atoms with van der Waals surface area (Å²) in [7, 11) is 0. The average Bonchev–Trinajstić information content (AvgIpc) is 2.93. The Morgan fingerprint density at radius 1 is 1.05 bits per heavy atom. The number of urea groups is 1. The van der Waals surface area contributed by atoms with E-state index >= 15 is 0 Å². The number of hydrazine groups is 1. The van der Waals surface area contributed by atoms with Gasteiger partial charge in [0.15, 0.2) is 11.5 Å². The maximum absolute atomic E-state index is 11.8. The van der Waals surface area contributed by atoms with Gasteiger partial charge in [0.2, 0.25) is 6.79 Å². The smallest absolute Gasteiger partial charge is 0.337 e. The van der Waals surface area contributed by atoms with Crippen molar-refractivity contribution < 1.29 is 14.3 Å². The van der Waals surface area contributed by atoms with Crippen LogP contribution in [0.5, 0.6) is 11.5 Å². The Kier molecular flexibility index (Phi) is 3.70. The van der Waals surface area contributed by atoms with Crippen LogP contribution in [0.15, 0.2) is 42.5 Å². The van der Waals surface area contributed by atoms with E-state index in [0.717, 1.165) is 0 Å². The fourth-order valence-corrected chi connectivity index (χ4v) is 2.02. The molecule has 108 valence electrons. The third kappa shape index (κ3) is 3.29. The molecule has 0 aliphatic carbocycles. The molecule has 0 aromatic heterocycles. The zero-order valence-electron chi connectivity index (χ0n) is 10.9. The maximum atomic E-state index is 11.8. The highest BCUT2D eigenvalue weighted by Gasteiger charge is 2.13. The molecule has 3 rings (SSSR count). The molecule has 0 saturated carbocycles. The van der Waals surface area contributed by atoms with Gasteiger partial charge in [0, 0.05) is 16.8 Å². The largest absolute Gasteiger partial charge is 0.454 e. The summed E-state index contributed by atoms with van der Waals surface area (Å²) in [5, 5.41) is 3.26. The summed E-state index contributed by atoms with van der Waals surface area (Å²) in [4.78, 5) is 11.8. The summed E-state index contributed by atoms with van der Waals surface area (Å²) < 4.78 is 10.4. The van der Waals surface area contributed by atoms with E-state index < -0.39 is 6.03 Å². The van der Waals surface area contributed by atoms with Gasteiger partial charge < -0.3 is 14.8 Å². The molecule has 3 N–H and O–H groups in total. The molecule has 0 atom stereocenters. The minimum absolute atomic E-state index is 0.196. The van der Waals surface area contributed by atoms with Gasteiger partial charge in [0.25, 0.3) is 0 Å². The monoisotopic (exact) mass is 305 g/mol. The Morgan fingerprint density at radius 3 is 2.76 bits per heavy atom. The number of halogens is 1. The number of carbonyl (C=O) groups is 1. The SMILES string of the molecule is O=C(NNc1cccc(Cl)c1)Nc1ccc2c(c1)OCO2. The first-order valence-electron chi connectivity index (χ1n) is 6.19. The van der Waals surface area contributed by atoms with Crippen molar-refractivity contribution in [3.8, 4) is 11.5 Å². The van der Waals surface area contributed by atoms with Crippen molar-refractivity contribution in [1.82, 2.24) is 5.43 Å². The highest BCUT2D eigenvalue weighted by atomic mass is 35.5. The standard InChI is InChI=1S/C14H12ClN3O3/c15-9-2-1-3-11(6-9)17-18-14(19)16-10-4-5-12-13(7-10)21-8-20-12/h1-7,17H,8H2,(H2,16,18,19). The molecule has 7 heteroatoms. The van der Waals surface area contributed by atoms with Crippen LogP contribution in [0.3, 0.4) is 0 Å². The van der Waals surface area contributed by atoms with Crippen LogP contribution in [-0.2, 0) is 0 Å². The van der Waals surface area contributed by atoms with Crippen molar-refractivity contribution in [1.29, 1.82) is 0 Å². The molecular weight excluding hydrogens is 294 g/mol. The first-order valence-corrected chi connectivity index (χ1v) is 6.57. The zero-order valence-corrected chi connectivity index (χ0v) is 11.6. The number of ether oxygens (including phenoxy) is 2. The Hall–Kier alpha value is -2.60. The second-order valence-electron chi connectivity index (χ2n) is 4.28. The van der Waals surface area contributed by atoms with Gasteiger partial charge in [-0.15, -0.1) is 0 Å². The topological polar surface area (TPSA) is 71.6 Å². The number of amides is 2. The Morgan fingerprint density at radius 2 is 1.90 bits per heavy atom. The molecule has 0 spiro atoms. The number of rotatable bonds is 3. The predicted molar refractivity (Wildman–Crippen MR) is 79.8 cm³/mol. The van der Waals surface area contributed by atoms with Crippen LogP contribution in [0.1, 0.15) is 0 Å². The number of hydrogen-bond donors (Lipinski definition) is 3. The number of benzene rings is 2. The number of nitrogens with one attached hydrogen (secondary N) is 3. The van der Waals surface area contributed by atoms with E-state index in [2.05, 4.69) is 16.2 Å². The second kappa shape index (κ2) is 5.80. The molecule has 0 saturated heterocycles. The lowest BCUT2D eigenvalue weighted by atomic mass is 10.3. The Bertz CT molecular complexity index is 678. The van der Waals surface area contributed by atoms with E-state index in [1.54, 1.807) is 42.5 Å². The molecule has 0 bridgehead atoms. The van der Waals surface area contributed by atoms with E-state index in [1.165, 1.54) is 0 Å². The van der Waals surface area contributed by atoms with Crippen LogP contribution in [-0.4, -0.2) is 12.8 Å². The first-order chi connectivity index (χ1) is 10.2. The van der Waals surface area contributed by atoms with E-state index in [1.807, 2.05) is 0 Å². The van der Waals surface area contributed by atoms with E-state index in [4.69, 9.17) is 21.1 Å². The fraction of sp³-hybridized carbons (Fsp3) is 0.0714. The van der Waals surface area contributed by atoms with E-state index in [-0.39, 0.29) is 6.79 Å². The normalized spacial score (nSPS) is 11.9. The summed E-state index contributed by atoms with van der Waals surface area (Å²) in [5.41, 5.74) is 6.55. The molecule has 2 amide bonds. The summed E-state index contributed by atoms with van der Waals surface area (Å²) in [6, 6.07) is 11.8. The van der Waals surface area contributed by atoms with Crippen LogP contribution in [0.2, 0.25) is 5.02 Å².